The summed E-state index contributed by atoms with van der Waals surface area (Å²) in [6, 6.07) is 1.79. The molecule has 0 atom stereocenters. The van der Waals surface area contributed by atoms with Gasteiger partial charge in [-0.25, -0.2) is 13.1 Å². The number of hydrogen-bond acceptors (Lipinski definition) is 5. The van der Waals surface area contributed by atoms with E-state index in [9.17, 15) is 8.42 Å². The summed E-state index contributed by atoms with van der Waals surface area (Å²) in [6.07, 6.45) is 3.44. The van der Waals surface area contributed by atoms with Crippen LogP contribution in [0.1, 0.15) is 17.1 Å². The van der Waals surface area contributed by atoms with Gasteiger partial charge in [-0.2, -0.15) is 5.10 Å². The summed E-state index contributed by atoms with van der Waals surface area (Å²) in [5.74, 6) is 1.03. The summed E-state index contributed by atoms with van der Waals surface area (Å²) < 4.78 is 34.6. The van der Waals surface area contributed by atoms with Gasteiger partial charge in [0.1, 0.15) is 16.4 Å². The average molecular weight is 312 g/mol. The first kappa shape index (κ1) is 15.7. The van der Waals surface area contributed by atoms with Crippen molar-refractivity contribution in [2.75, 3.05) is 13.6 Å². The predicted octanol–water partition coefficient (Wildman–Crippen LogP) is 0.791. The third-order valence-electron chi connectivity index (χ3n) is 3.14. The molecule has 0 aromatic carbocycles. The molecule has 0 fully saturated rings. The van der Waals surface area contributed by atoms with Crippen LogP contribution >= 0.6 is 0 Å². The number of sulfonamides is 1. The predicted molar refractivity (Wildman–Crippen MR) is 78.4 cm³/mol. The Morgan fingerprint density at radius 3 is 2.71 bits per heavy atom. The summed E-state index contributed by atoms with van der Waals surface area (Å²) in [7, 11) is -1.83. The first-order valence-corrected chi connectivity index (χ1v) is 8.14. The van der Waals surface area contributed by atoms with Gasteiger partial charge >= 0.3 is 0 Å². The van der Waals surface area contributed by atoms with Crippen molar-refractivity contribution in [1.29, 1.82) is 0 Å². The number of hydrogen-bond donors (Lipinski definition) is 2. The van der Waals surface area contributed by atoms with Gasteiger partial charge in [-0.1, -0.05) is 0 Å². The molecule has 0 aliphatic rings. The van der Waals surface area contributed by atoms with Crippen LogP contribution < -0.4 is 10.0 Å². The van der Waals surface area contributed by atoms with Gasteiger partial charge < -0.3 is 9.73 Å². The first-order valence-electron chi connectivity index (χ1n) is 6.66. The lowest BCUT2D eigenvalue weighted by Crippen LogP contribution is -2.29. The molecule has 0 unspecified atom stereocenters. The van der Waals surface area contributed by atoms with Crippen molar-refractivity contribution in [2.24, 2.45) is 0 Å². The quantitative estimate of drug-likeness (QED) is 0.789. The summed E-state index contributed by atoms with van der Waals surface area (Å²) in [5, 5.41) is 6.99. The van der Waals surface area contributed by atoms with Crippen LogP contribution in [0.5, 0.6) is 0 Å². The monoisotopic (exact) mass is 312 g/mol. The zero-order chi connectivity index (χ0) is 15.5. The molecule has 116 valence electrons. The van der Waals surface area contributed by atoms with E-state index >= 15 is 0 Å². The Hall–Kier alpha value is -1.64. The summed E-state index contributed by atoms with van der Waals surface area (Å²) in [6.45, 7) is 4.62. The molecular formula is C13H20N4O3S. The lowest BCUT2D eigenvalue weighted by Gasteiger charge is -2.08. The molecule has 2 heterocycles. The molecule has 21 heavy (non-hydrogen) atoms. The minimum absolute atomic E-state index is 0.231. The van der Waals surface area contributed by atoms with Crippen LogP contribution in [0.4, 0.5) is 0 Å². The second-order valence-corrected chi connectivity index (χ2v) is 6.42. The fraction of sp³-hybridized carbons (Fsp3) is 0.462. The largest absolute Gasteiger partial charge is 0.465 e. The molecule has 0 radical (unpaired) electrons. The molecule has 0 amide bonds. The average Bonchev–Trinajstić information content (AvgIpc) is 2.99. The molecule has 0 aliphatic carbocycles. The Kier molecular flexibility index (Phi) is 4.81. The Bertz CT molecular complexity index is 689. The standard InChI is InChI=1S/C13H20N4O3S/c1-10-12(9-14-3)13(11(2)20-10)21(18,19)16-6-8-17-7-4-5-15-17/h4-5,7,14,16H,6,8-9H2,1-3H3. The van der Waals surface area contributed by atoms with E-state index < -0.39 is 10.0 Å². The number of nitrogens with zero attached hydrogens (tertiary/aromatic N) is 2. The van der Waals surface area contributed by atoms with Gasteiger partial charge in [-0.05, 0) is 27.0 Å². The van der Waals surface area contributed by atoms with E-state index in [1.165, 1.54) is 0 Å². The molecule has 2 aromatic rings. The number of nitrogens with one attached hydrogen (secondary N) is 2. The topological polar surface area (TPSA) is 89.2 Å². The number of rotatable bonds is 7. The fourth-order valence-electron chi connectivity index (χ4n) is 2.24. The van der Waals surface area contributed by atoms with E-state index in [0.29, 0.717) is 30.2 Å². The van der Waals surface area contributed by atoms with Crippen LogP contribution in [0.25, 0.3) is 0 Å². The zero-order valence-corrected chi connectivity index (χ0v) is 13.2. The molecule has 0 saturated heterocycles. The van der Waals surface area contributed by atoms with Gasteiger partial charge in [0.15, 0.2) is 0 Å². The lowest BCUT2D eigenvalue weighted by atomic mass is 10.2. The minimum atomic E-state index is -3.60. The molecule has 0 saturated carbocycles. The van der Waals surface area contributed by atoms with E-state index in [1.54, 1.807) is 44.0 Å². The van der Waals surface area contributed by atoms with Crippen LogP contribution in [0.2, 0.25) is 0 Å². The molecule has 2 N–H and O–H groups in total. The fourth-order valence-corrected chi connectivity index (χ4v) is 3.71. The molecule has 2 aromatic heterocycles. The number of furan rings is 1. The number of aromatic nitrogens is 2. The van der Waals surface area contributed by atoms with Crippen molar-refractivity contribution in [1.82, 2.24) is 19.8 Å². The molecule has 0 spiro atoms. The maximum Gasteiger partial charge on any atom is 0.244 e. The first-order chi connectivity index (χ1) is 9.95. The maximum absolute atomic E-state index is 12.5. The molecular weight excluding hydrogens is 292 g/mol. The van der Waals surface area contributed by atoms with Crippen LogP contribution in [-0.4, -0.2) is 31.8 Å². The Morgan fingerprint density at radius 1 is 1.33 bits per heavy atom. The third-order valence-corrected chi connectivity index (χ3v) is 4.79. The van der Waals surface area contributed by atoms with Crippen LogP contribution in [0.15, 0.2) is 27.8 Å². The summed E-state index contributed by atoms with van der Waals surface area (Å²) >= 11 is 0. The Labute approximate surface area is 124 Å². The minimum Gasteiger partial charge on any atom is -0.465 e. The van der Waals surface area contributed by atoms with Crippen LogP contribution in [0.3, 0.4) is 0 Å². The van der Waals surface area contributed by atoms with Gasteiger partial charge in [0, 0.05) is 31.0 Å². The van der Waals surface area contributed by atoms with Gasteiger partial charge in [-0.15, -0.1) is 0 Å². The van der Waals surface area contributed by atoms with Crippen molar-refractivity contribution in [2.45, 2.75) is 31.8 Å². The Balaban J connectivity index is 2.15. The summed E-state index contributed by atoms with van der Waals surface area (Å²) in [5.41, 5.74) is 0.668. The highest BCUT2D eigenvalue weighted by Crippen LogP contribution is 2.26. The van der Waals surface area contributed by atoms with E-state index in [-0.39, 0.29) is 11.4 Å². The third kappa shape index (κ3) is 3.52. The van der Waals surface area contributed by atoms with Gasteiger partial charge in [0.2, 0.25) is 10.0 Å². The van der Waals surface area contributed by atoms with Gasteiger partial charge in [0.25, 0.3) is 0 Å². The van der Waals surface area contributed by atoms with Crippen molar-refractivity contribution in [3.05, 3.63) is 35.5 Å². The lowest BCUT2D eigenvalue weighted by molar-refractivity contribution is 0.493. The highest BCUT2D eigenvalue weighted by molar-refractivity contribution is 7.89. The zero-order valence-electron chi connectivity index (χ0n) is 12.4. The molecule has 7 nitrogen and oxygen atoms in total. The second-order valence-electron chi connectivity index (χ2n) is 4.72. The molecule has 2 rings (SSSR count). The van der Waals surface area contributed by atoms with Crippen molar-refractivity contribution >= 4 is 10.0 Å². The van der Waals surface area contributed by atoms with E-state index in [1.807, 2.05) is 0 Å². The highest BCUT2D eigenvalue weighted by Gasteiger charge is 2.26. The van der Waals surface area contributed by atoms with Crippen LogP contribution in [-0.2, 0) is 23.1 Å². The van der Waals surface area contributed by atoms with Crippen molar-refractivity contribution in [3.63, 3.8) is 0 Å². The summed E-state index contributed by atoms with van der Waals surface area (Å²) in [4.78, 5) is 0.231. The molecule has 0 aliphatic heterocycles. The maximum atomic E-state index is 12.5. The molecule has 0 bridgehead atoms. The van der Waals surface area contributed by atoms with Gasteiger partial charge in [0.05, 0.1) is 6.54 Å². The highest BCUT2D eigenvalue weighted by atomic mass is 32.2. The van der Waals surface area contributed by atoms with E-state index in [4.69, 9.17) is 4.42 Å². The van der Waals surface area contributed by atoms with Crippen molar-refractivity contribution < 1.29 is 12.8 Å². The second kappa shape index (κ2) is 6.42. The Morgan fingerprint density at radius 2 is 2.10 bits per heavy atom. The van der Waals surface area contributed by atoms with E-state index in [0.717, 1.165) is 0 Å². The normalized spacial score (nSPS) is 12.0. The van der Waals surface area contributed by atoms with E-state index in [2.05, 4.69) is 15.1 Å². The van der Waals surface area contributed by atoms with Gasteiger partial charge in [-0.3, -0.25) is 4.68 Å². The smallest absolute Gasteiger partial charge is 0.244 e. The molecule has 8 heteroatoms. The number of aryl methyl sites for hydroxylation is 2. The van der Waals surface area contributed by atoms with Crippen molar-refractivity contribution in [3.8, 4) is 0 Å². The van der Waals surface area contributed by atoms with Crippen LogP contribution in [0, 0.1) is 13.8 Å². The SMILES string of the molecule is CNCc1c(C)oc(C)c1S(=O)(=O)NCCn1cccn1.